The van der Waals surface area contributed by atoms with Crippen molar-refractivity contribution in [3.05, 3.63) is 78.4 Å². The van der Waals surface area contributed by atoms with E-state index in [0.29, 0.717) is 5.96 Å². The summed E-state index contributed by atoms with van der Waals surface area (Å²) in [7, 11) is 0. The lowest BCUT2D eigenvalue weighted by Crippen LogP contribution is -2.20. The van der Waals surface area contributed by atoms with Crippen molar-refractivity contribution in [3.63, 3.8) is 0 Å². The summed E-state index contributed by atoms with van der Waals surface area (Å²) >= 11 is 0. The average Bonchev–Trinajstić information content (AvgIpc) is 3.21. The van der Waals surface area contributed by atoms with Crippen molar-refractivity contribution in [1.29, 1.82) is 0 Å². The van der Waals surface area contributed by atoms with Crippen molar-refractivity contribution >= 4 is 17.3 Å². The molecule has 142 valence electrons. The van der Waals surface area contributed by atoms with Gasteiger partial charge in [-0.25, -0.2) is 9.98 Å². The Kier molecular flexibility index (Phi) is 8.26. The molecule has 3 aromatic rings. The zero-order chi connectivity index (χ0) is 19.5. The van der Waals surface area contributed by atoms with E-state index in [0.717, 1.165) is 24.6 Å². The molecule has 0 bridgehead atoms. The van der Waals surface area contributed by atoms with Gasteiger partial charge in [0.15, 0.2) is 0 Å². The van der Waals surface area contributed by atoms with Crippen LogP contribution < -0.4 is 5.32 Å². The van der Waals surface area contributed by atoms with Gasteiger partial charge in [-0.2, -0.15) is 0 Å². The number of ether oxygens (including phenoxy) is 1. The molecule has 0 aliphatic carbocycles. The Morgan fingerprint density at radius 2 is 1.56 bits per heavy atom. The molecule has 27 heavy (non-hydrogen) atoms. The number of aliphatic imine (C=N–C) groups is 1. The minimum absolute atomic E-state index is 0.713. The molecule has 3 rings (SSSR count). The van der Waals surface area contributed by atoms with Crippen LogP contribution >= 0.6 is 0 Å². The number of rotatable bonds is 4. The van der Waals surface area contributed by atoms with Crippen molar-refractivity contribution in [3.8, 4) is 0 Å². The summed E-state index contributed by atoms with van der Waals surface area (Å²) in [5.41, 5.74) is 4.33. The first-order chi connectivity index (χ1) is 13.1. The fraction of sp³-hybridized carbons (Fsp3) is 0.273. The highest BCUT2D eigenvalue weighted by Gasteiger charge is 2.03. The predicted molar refractivity (Wildman–Crippen MR) is 113 cm³/mol. The Labute approximate surface area is 161 Å². The Hall–Kier alpha value is -2.92. The number of imidazole rings is 1. The summed E-state index contributed by atoms with van der Waals surface area (Å²) < 4.78 is 6.69. The van der Waals surface area contributed by atoms with Gasteiger partial charge in [-0.3, -0.25) is 4.57 Å². The molecular formula is C22H28N4O. The summed E-state index contributed by atoms with van der Waals surface area (Å²) in [6.07, 6.45) is 5.34. The van der Waals surface area contributed by atoms with Crippen LogP contribution in [0, 0.1) is 13.8 Å². The quantitative estimate of drug-likeness (QED) is 0.512. The second kappa shape index (κ2) is 10.9. The van der Waals surface area contributed by atoms with E-state index in [-0.39, 0.29) is 0 Å². The van der Waals surface area contributed by atoms with Gasteiger partial charge in [-0.1, -0.05) is 35.4 Å². The van der Waals surface area contributed by atoms with Crippen molar-refractivity contribution < 1.29 is 4.74 Å². The third kappa shape index (κ3) is 7.07. The first-order valence-corrected chi connectivity index (χ1v) is 9.17. The first kappa shape index (κ1) is 20.4. The standard InChI is InChI=1S/C18H18N4.C4H10O/c1-14-3-7-16(8-4-14)20-18(22-12-11-19-13-22)21-17-9-5-15(2)6-10-17;1-3-5-4-2/h3-13H,1-2H3,(H,20,21);3-4H2,1-2H3. The van der Waals surface area contributed by atoms with E-state index in [9.17, 15) is 0 Å². The van der Waals surface area contributed by atoms with Gasteiger partial charge in [0.2, 0.25) is 5.96 Å². The number of anilines is 1. The second-order valence-electron chi connectivity index (χ2n) is 6.01. The molecule has 0 spiro atoms. The zero-order valence-electron chi connectivity index (χ0n) is 16.5. The summed E-state index contributed by atoms with van der Waals surface area (Å²) in [5, 5.41) is 3.34. The molecular weight excluding hydrogens is 336 g/mol. The van der Waals surface area contributed by atoms with Crippen LogP contribution in [-0.2, 0) is 4.74 Å². The number of hydrogen-bond acceptors (Lipinski definition) is 3. The van der Waals surface area contributed by atoms with Gasteiger partial charge < -0.3 is 10.1 Å². The highest BCUT2D eigenvalue weighted by Crippen LogP contribution is 2.15. The predicted octanol–water partition coefficient (Wildman–Crippen LogP) is 5.19. The molecule has 0 radical (unpaired) electrons. The van der Waals surface area contributed by atoms with Crippen molar-refractivity contribution in [2.45, 2.75) is 27.7 Å². The van der Waals surface area contributed by atoms with Crippen molar-refractivity contribution in [1.82, 2.24) is 9.55 Å². The molecule has 0 atom stereocenters. The van der Waals surface area contributed by atoms with E-state index < -0.39 is 0 Å². The summed E-state index contributed by atoms with van der Waals surface area (Å²) in [6, 6.07) is 16.3. The molecule has 1 aromatic heterocycles. The van der Waals surface area contributed by atoms with E-state index >= 15 is 0 Å². The Morgan fingerprint density at radius 1 is 0.963 bits per heavy atom. The molecule has 0 aliphatic rings. The maximum absolute atomic E-state index is 4.83. The highest BCUT2D eigenvalue weighted by molar-refractivity contribution is 5.96. The van der Waals surface area contributed by atoms with Gasteiger partial charge in [-0.05, 0) is 52.0 Å². The maximum atomic E-state index is 4.83. The smallest absolute Gasteiger partial charge is 0.213 e. The number of aromatic nitrogens is 2. The van der Waals surface area contributed by atoms with E-state index in [4.69, 9.17) is 4.74 Å². The van der Waals surface area contributed by atoms with Crippen LogP contribution in [0.2, 0.25) is 0 Å². The molecule has 2 aromatic carbocycles. The number of nitrogens with zero attached hydrogens (tertiary/aromatic N) is 3. The number of nitrogens with one attached hydrogen (secondary N) is 1. The summed E-state index contributed by atoms with van der Waals surface area (Å²) in [6.45, 7) is 9.80. The summed E-state index contributed by atoms with van der Waals surface area (Å²) in [4.78, 5) is 8.79. The molecule has 0 saturated heterocycles. The van der Waals surface area contributed by atoms with Crippen LogP contribution in [0.5, 0.6) is 0 Å². The normalized spacial score (nSPS) is 10.9. The van der Waals surface area contributed by atoms with Crippen LogP contribution in [0.3, 0.4) is 0 Å². The molecule has 5 nitrogen and oxygen atoms in total. The van der Waals surface area contributed by atoms with Crippen LogP contribution in [0.4, 0.5) is 11.4 Å². The van der Waals surface area contributed by atoms with Crippen LogP contribution in [0.15, 0.2) is 72.2 Å². The Bertz CT molecular complexity index is 805. The largest absolute Gasteiger partial charge is 0.382 e. The van der Waals surface area contributed by atoms with Gasteiger partial charge in [0.25, 0.3) is 0 Å². The van der Waals surface area contributed by atoms with Crippen molar-refractivity contribution in [2.75, 3.05) is 18.5 Å². The second-order valence-corrected chi connectivity index (χ2v) is 6.01. The van der Waals surface area contributed by atoms with E-state index in [1.54, 1.807) is 12.5 Å². The SMILES string of the molecule is CCOCC.Cc1ccc(N=C(Nc2ccc(C)cc2)n2ccnc2)cc1. The van der Waals surface area contributed by atoms with Crippen molar-refractivity contribution in [2.24, 2.45) is 4.99 Å². The number of aryl methyl sites for hydroxylation is 2. The fourth-order valence-electron chi connectivity index (χ4n) is 2.25. The fourth-order valence-corrected chi connectivity index (χ4v) is 2.25. The Morgan fingerprint density at radius 3 is 2.04 bits per heavy atom. The lowest BCUT2D eigenvalue weighted by atomic mass is 10.2. The monoisotopic (exact) mass is 364 g/mol. The van der Waals surface area contributed by atoms with Gasteiger partial charge in [-0.15, -0.1) is 0 Å². The molecule has 1 heterocycles. The highest BCUT2D eigenvalue weighted by atomic mass is 16.5. The minimum Gasteiger partial charge on any atom is -0.382 e. The van der Waals surface area contributed by atoms with E-state index in [1.165, 1.54) is 11.1 Å². The van der Waals surface area contributed by atoms with Gasteiger partial charge in [0.1, 0.15) is 6.33 Å². The number of benzene rings is 2. The van der Waals surface area contributed by atoms with E-state index in [2.05, 4.69) is 53.4 Å². The molecule has 0 fully saturated rings. The maximum Gasteiger partial charge on any atom is 0.213 e. The molecule has 1 N–H and O–H groups in total. The third-order valence-corrected chi connectivity index (χ3v) is 3.73. The molecule has 0 aliphatic heterocycles. The molecule has 0 saturated carbocycles. The molecule has 0 unspecified atom stereocenters. The topological polar surface area (TPSA) is 51.4 Å². The third-order valence-electron chi connectivity index (χ3n) is 3.73. The van der Waals surface area contributed by atoms with Crippen LogP contribution in [0.1, 0.15) is 25.0 Å². The lowest BCUT2D eigenvalue weighted by molar-refractivity contribution is 0.162. The van der Waals surface area contributed by atoms with Gasteiger partial charge in [0.05, 0.1) is 5.69 Å². The Balaban J connectivity index is 0.000000465. The van der Waals surface area contributed by atoms with E-state index in [1.807, 2.05) is 48.9 Å². The zero-order valence-corrected chi connectivity index (χ0v) is 16.5. The first-order valence-electron chi connectivity index (χ1n) is 9.17. The van der Waals surface area contributed by atoms with Gasteiger partial charge in [0, 0.05) is 31.3 Å². The van der Waals surface area contributed by atoms with Crippen LogP contribution in [-0.4, -0.2) is 28.7 Å². The lowest BCUT2D eigenvalue weighted by Gasteiger charge is -2.11. The minimum atomic E-state index is 0.713. The molecule has 5 heteroatoms. The number of hydrogen-bond donors (Lipinski definition) is 1. The molecule has 0 amide bonds. The summed E-state index contributed by atoms with van der Waals surface area (Å²) in [5.74, 6) is 0.713. The average molecular weight is 364 g/mol. The van der Waals surface area contributed by atoms with Gasteiger partial charge >= 0.3 is 0 Å². The van der Waals surface area contributed by atoms with Crippen LogP contribution in [0.25, 0.3) is 0 Å².